The van der Waals surface area contributed by atoms with Crippen LogP contribution in [0, 0.1) is 0 Å². The maximum absolute atomic E-state index is 12.2. The molecule has 2 unspecified atom stereocenters. The van der Waals surface area contributed by atoms with Crippen LogP contribution < -0.4 is 4.90 Å². The van der Waals surface area contributed by atoms with Crippen LogP contribution in [0.4, 0.5) is 5.69 Å². The van der Waals surface area contributed by atoms with Crippen LogP contribution in [0.25, 0.3) is 0 Å². The van der Waals surface area contributed by atoms with Crippen molar-refractivity contribution < 1.29 is 14.3 Å². The van der Waals surface area contributed by atoms with Gasteiger partial charge in [-0.3, -0.25) is 4.79 Å². The zero-order valence-corrected chi connectivity index (χ0v) is 14.5. The summed E-state index contributed by atoms with van der Waals surface area (Å²) < 4.78 is 4.86. The molecule has 0 N–H and O–H groups in total. The average molecular weight is 330 g/mol. The normalized spacial score (nSPS) is 22.6. The Hall–Kier alpha value is -2.04. The Morgan fingerprint density at radius 2 is 1.83 bits per heavy atom. The number of hydrogen-bond acceptors (Lipinski definition) is 4. The van der Waals surface area contributed by atoms with E-state index in [0.717, 1.165) is 18.7 Å². The second-order valence-electron chi connectivity index (χ2n) is 6.69. The van der Waals surface area contributed by atoms with E-state index in [9.17, 15) is 9.59 Å². The molecule has 2 heterocycles. The first-order valence-electron chi connectivity index (χ1n) is 8.85. The van der Waals surface area contributed by atoms with E-state index in [-0.39, 0.29) is 17.9 Å². The summed E-state index contributed by atoms with van der Waals surface area (Å²) >= 11 is 0. The number of ether oxygens (including phenoxy) is 1. The highest BCUT2D eigenvalue weighted by Crippen LogP contribution is 2.32. The van der Waals surface area contributed by atoms with Crippen LogP contribution >= 0.6 is 0 Å². The summed E-state index contributed by atoms with van der Waals surface area (Å²) in [5.41, 5.74) is 2.29. The number of amides is 1. The lowest BCUT2D eigenvalue weighted by atomic mass is 10.0. The fourth-order valence-electron chi connectivity index (χ4n) is 3.83. The predicted octanol–water partition coefficient (Wildman–Crippen LogP) is 2.90. The number of nitrogens with zero attached hydrogens (tertiary/aromatic N) is 2. The SMILES string of the molecule is COC(=O)C1CCC(=O)N1C(C)c1ccc(N2CCCCC2)cc1. The van der Waals surface area contributed by atoms with Gasteiger partial charge in [0.25, 0.3) is 0 Å². The highest BCUT2D eigenvalue weighted by molar-refractivity contribution is 5.88. The number of carbonyl (C=O) groups excluding carboxylic acids is 2. The molecule has 1 amide bonds. The Kier molecular flexibility index (Phi) is 5.07. The number of anilines is 1. The third-order valence-corrected chi connectivity index (χ3v) is 5.24. The van der Waals surface area contributed by atoms with Crippen molar-refractivity contribution in [3.63, 3.8) is 0 Å². The van der Waals surface area contributed by atoms with Gasteiger partial charge in [0.1, 0.15) is 6.04 Å². The van der Waals surface area contributed by atoms with Crippen molar-refractivity contribution in [2.24, 2.45) is 0 Å². The van der Waals surface area contributed by atoms with Crippen molar-refractivity contribution in [1.82, 2.24) is 4.90 Å². The van der Waals surface area contributed by atoms with Gasteiger partial charge < -0.3 is 14.5 Å². The van der Waals surface area contributed by atoms with Crippen molar-refractivity contribution in [1.29, 1.82) is 0 Å². The molecule has 130 valence electrons. The van der Waals surface area contributed by atoms with Gasteiger partial charge in [-0.05, 0) is 50.3 Å². The summed E-state index contributed by atoms with van der Waals surface area (Å²) in [5, 5.41) is 0. The van der Waals surface area contributed by atoms with E-state index in [0.29, 0.717) is 12.8 Å². The Bertz CT molecular complexity index is 593. The van der Waals surface area contributed by atoms with E-state index < -0.39 is 6.04 Å². The maximum atomic E-state index is 12.2. The smallest absolute Gasteiger partial charge is 0.328 e. The molecule has 24 heavy (non-hydrogen) atoms. The molecular weight excluding hydrogens is 304 g/mol. The third-order valence-electron chi connectivity index (χ3n) is 5.24. The van der Waals surface area contributed by atoms with Gasteiger partial charge in [0.15, 0.2) is 0 Å². The summed E-state index contributed by atoms with van der Waals surface area (Å²) in [6.45, 7) is 4.21. The van der Waals surface area contributed by atoms with Crippen molar-refractivity contribution in [3.8, 4) is 0 Å². The number of piperidine rings is 1. The molecule has 2 aliphatic rings. The maximum Gasteiger partial charge on any atom is 0.328 e. The molecular formula is C19H26N2O3. The van der Waals surface area contributed by atoms with E-state index in [4.69, 9.17) is 4.74 Å². The number of hydrogen-bond donors (Lipinski definition) is 0. The Morgan fingerprint density at radius 1 is 1.17 bits per heavy atom. The lowest BCUT2D eigenvalue weighted by molar-refractivity contribution is -0.150. The molecule has 1 aromatic rings. The molecule has 0 spiro atoms. The average Bonchev–Trinajstić information content (AvgIpc) is 3.03. The quantitative estimate of drug-likeness (QED) is 0.797. The number of methoxy groups -OCH3 is 1. The van der Waals surface area contributed by atoms with Gasteiger partial charge in [-0.25, -0.2) is 4.79 Å². The molecule has 5 nitrogen and oxygen atoms in total. The topological polar surface area (TPSA) is 49.9 Å². The minimum Gasteiger partial charge on any atom is -0.467 e. The molecule has 0 bridgehead atoms. The fourth-order valence-corrected chi connectivity index (χ4v) is 3.83. The summed E-state index contributed by atoms with van der Waals surface area (Å²) in [4.78, 5) is 28.3. The van der Waals surface area contributed by atoms with Gasteiger partial charge in [0, 0.05) is 25.2 Å². The van der Waals surface area contributed by atoms with Gasteiger partial charge in [0.2, 0.25) is 5.91 Å². The van der Waals surface area contributed by atoms with E-state index in [2.05, 4.69) is 29.2 Å². The number of carbonyl (C=O) groups is 2. The van der Waals surface area contributed by atoms with Crippen molar-refractivity contribution in [2.45, 2.75) is 51.1 Å². The van der Waals surface area contributed by atoms with Gasteiger partial charge in [-0.1, -0.05) is 12.1 Å². The number of esters is 1. The Balaban J connectivity index is 1.75. The zero-order valence-electron chi connectivity index (χ0n) is 14.5. The molecule has 2 aliphatic heterocycles. The second-order valence-corrected chi connectivity index (χ2v) is 6.69. The predicted molar refractivity (Wildman–Crippen MR) is 92.8 cm³/mol. The minimum absolute atomic E-state index is 0.0259. The van der Waals surface area contributed by atoms with Crippen LogP contribution in [0.15, 0.2) is 24.3 Å². The minimum atomic E-state index is -0.459. The first kappa shape index (κ1) is 16.8. The highest BCUT2D eigenvalue weighted by Gasteiger charge is 2.39. The summed E-state index contributed by atoms with van der Waals surface area (Å²) in [6, 6.07) is 7.83. The first-order valence-corrected chi connectivity index (χ1v) is 8.85. The zero-order chi connectivity index (χ0) is 17.1. The molecule has 0 aromatic heterocycles. The highest BCUT2D eigenvalue weighted by atomic mass is 16.5. The molecule has 2 saturated heterocycles. The summed E-state index contributed by atoms with van der Waals surface area (Å²) in [7, 11) is 1.38. The molecule has 2 atom stereocenters. The molecule has 0 saturated carbocycles. The third kappa shape index (κ3) is 3.25. The molecule has 0 radical (unpaired) electrons. The van der Waals surface area contributed by atoms with Gasteiger partial charge in [-0.15, -0.1) is 0 Å². The molecule has 1 aromatic carbocycles. The Labute approximate surface area is 143 Å². The molecule has 2 fully saturated rings. The standard InChI is InChI=1S/C19H26N2O3/c1-14(21-17(19(23)24-2)10-11-18(21)22)15-6-8-16(9-7-15)20-12-4-3-5-13-20/h6-9,14,17H,3-5,10-13H2,1-2H3. The van der Waals surface area contributed by atoms with Crippen molar-refractivity contribution in [2.75, 3.05) is 25.1 Å². The number of rotatable bonds is 4. The number of benzene rings is 1. The van der Waals surface area contributed by atoms with Crippen LogP contribution in [-0.2, 0) is 14.3 Å². The van der Waals surface area contributed by atoms with Crippen LogP contribution in [0.5, 0.6) is 0 Å². The molecule has 5 heteroatoms. The van der Waals surface area contributed by atoms with Crippen LogP contribution in [0.1, 0.15) is 50.6 Å². The van der Waals surface area contributed by atoms with E-state index in [1.165, 1.54) is 32.1 Å². The van der Waals surface area contributed by atoms with Crippen molar-refractivity contribution >= 4 is 17.6 Å². The van der Waals surface area contributed by atoms with Gasteiger partial charge in [0.05, 0.1) is 13.2 Å². The van der Waals surface area contributed by atoms with E-state index in [1.807, 2.05) is 6.92 Å². The van der Waals surface area contributed by atoms with Crippen LogP contribution in [0.3, 0.4) is 0 Å². The van der Waals surface area contributed by atoms with E-state index >= 15 is 0 Å². The van der Waals surface area contributed by atoms with Crippen LogP contribution in [0.2, 0.25) is 0 Å². The second kappa shape index (κ2) is 7.24. The largest absolute Gasteiger partial charge is 0.467 e. The summed E-state index contributed by atoms with van der Waals surface area (Å²) in [5.74, 6) is -0.296. The number of likely N-dealkylation sites (tertiary alicyclic amines) is 1. The molecule has 3 rings (SSSR count). The first-order chi connectivity index (χ1) is 11.6. The van der Waals surface area contributed by atoms with Crippen LogP contribution in [-0.4, -0.2) is 43.0 Å². The van der Waals surface area contributed by atoms with Crippen molar-refractivity contribution in [3.05, 3.63) is 29.8 Å². The Morgan fingerprint density at radius 3 is 2.46 bits per heavy atom. The van der Waals surface area contributed by atoms with Gasteiger partial charge in [-0.2, -0.15) is 0 Å². The lowest BCUT2D eigenvalue weighted by Crippen LogP contribution is -2.40. The van der Waals surface area contributed by atoms with E-state index in [1.54, 1.807) is 4.90 Å². The monoisotopic (exact) mass is 330 g/mol. The summed E-state index contributed by atoms with van der Waals surface area (Å²) in [6.07, 6.45) is 4.78. The molecule has 0 aliphatic carbocycles. The fraction of sp³-hybridized carbons (Fsp3) is 0.579. The van der Waals surface area contributed by atoms with Gasteiger partial charge >= 0.3 is 5.97 Å². The lowest BCUT2D eigenvalue weighted by Gasteiger charge is -2.31.